The molecule has 0 aliphatic rings. The molecule has 0 radical (unpaired) electrons. The third-order valence-electron chi connectivity index (χ3n) is 6.23. The summed E-state index contributed by atoms with van der Waals surface area (Å²) in [5, 5.41) is 9.19. The van der Waals surface area contributed by atoms with Crippen LogP contribution < -0.4 is 9.47 Å². The summed E-state index contributed by atoms with van der Waals surface area (Å²) in [4.78, 5) is 25.0. The Kier molecular flexibility index (Phi) is 9.43. The Bertz CT molecular complexity index is 1560. The zero-order chi connectivity index (χ0) is 29.0. The molecule has 0 bridgehead atoms. The molecule has 0 aliphatic heterocycles. The Morgan fingerprint density at radius 2 is 1.62 bits per heavy atom. The van der Waals surface area contributed by atoms with Crippen molar-refractivity contribution in [2.24, 2.45) is 0 Å². The Morgan fingerprint density at radius 3 is 2.25 bits per heavy atom. The van der Waals surface area contributed by atoms with Gasteiger partial charge in [-0.15, -0.1) is 0 Å². The highest BCUT2D eigenvalue weighted by atomic mass is 79.9. The maximum atomic E-state index is 14.3. The Hall–Kier alpha value is -3.49. The third-order valence-corrected chi connectivity index (χ3v) is 7.40. The predicted molar refractivity (Wildman–Crippen MR) is 159 cm³/mol. The number of carboxylic acids is 1. The van der Waals surface area contributed by atoms with E-state index in [9.17, 15) is 19.1 Å². The van der Waals surface area contributed by atoms with E-state index in [4.69, 9.17) is 9.47 Å². The number of hydrogen-bond donors (Lipinski definition) is 1. The van der Waals surface area contributed by atoms with Gasteiger partial charge in [0.15, 0.2) is 11.5 Å². The van der Waals surface area contributed by atoms with Crippen LogP contribution in [-0.4, -0.2) is 16.9 Å². The summed E-state index contributed by atoms with van der Waals surface area (Å²) in [5.74, 6) is -0.443. The molecular formula is C32H27Br2FO5. The SMILES string of the molecule is Cc1cccc(C(=O)c2cc(OCc3ccccc3F)c(C(C)C)cc2Oc2c(Br)cc(CC(=O)O)cc2Br)c1. The first-order valence-corrected chi connectivity index (χ1v) is 14.1. The highest BCUT2D eigenvalue weighted by Crippen LogP contribution is 2.42. The fraction of sp³-hybridized carbons (Fsp3) is 0.188. The number of ketones is 1. The third kappa shape index (κ3) is 6.98. The second kappa shape index (κ2) is 12.8. The van der Waals surface area contributed by atoms with E-state index in [0.29, 0.717) is 42.9 Å². The number of aryl methyl sites for hydroxylation is 1. The summed E-state index contributed by atoms with van der Waals surface area (Å²) < 4.78 is 27.8. The molecular weight excluding hydrogens is 643 g/mol. The van der Waals surface area contributed by atoms with Crippen molar-refractivity contribution in [2.75, 3.05) is 0 Å². The van der Waals surface area contributed by atoms with E-state index in [1.54, 1.807) is 54.6 Å². The largest absolute Gasteiger partial charge is 0.488 e. The number of carbonyl (C=O) groups excluding carboxylic acids is 1. The lowest BCUT2D eigenvalue weighted by Crippen LogP contribution is -2.08. The molecule has 0 amide bonds. The van der Waals surface area contributed by atoms with Gasteiger partial charge in [-0.2, -0.15) is 0 Å². The maximum Gasteiger partial charge on any atom is 0.307 e. The maximum absolute atomic E-state index is 14.3. The number of carboxylic acid groups (broad SMARTS) is 1. The molecule has 40 heavy (non-hydrogen) atoms. The van der Waals surface area contributed by atoms with Crippen molar-refractivity contribution in [1.82, 2.24) is 0 Å². The molecule has 0 aliphatic carbocycles. The first kappa shape index (κ1) is 29.5. The summed E-state index contributed by atoms with van der Waals surface area (Å²) >= 11 is 6.98. The molecule has 0 fully saturated rings. The van der Waals surface area contributed by atoms with Crippen molar-refractivity contribution in [1.29, 1.82) is 0 Å². The van der Waals surface area contributed by atoms with E-state index < -0.39 is 5.97 Å². The summed E-state index contributed by atoms with van der Waals surface area (Å²) in [6, 6.07) is 20.4. The van der Waals surface area contributed by atoms with Crippen LogP contribution in [0.1, 0.15) is 57.9 Å². The molecule has 0 saturated heterocycles. The van der Waals surface area contributed by atoms with Crippen LogP contribution in [-0.2, 0) is 17.8 Å². The van der Waals surface area contributed by atoms with Gasteiger partial charge in [0.1, 0.15) is 23.9 Å². The van der Waals surface area contributed by atoms with Gasteiger partial charge in [0.25, 0.3) is 0 Å². The number of ether oxygens (including phenoxy) is 2. The average molecular weight is 670 g/mol. The van der Waals surface area contributed by atoms with E-state index in [2.05, 4.69) is 31.9 Å². The molecule has 0 atom stereocenters. The van der Waals surface area contributed by atoms with Gasteiger partial charge in [0.05, 0.1) is 20.9 Å². The van der Waals surface area contributed by atoms with Crippen molar-refractivity contribution in [3.63, 3.8) is 0 Å². The molecule has 206 valence electrons. The van der Waals surface area contributed by atoms with Crippen LogP contribution in [0.2, 0.25) is 0 Å². The fourth-order valence-corrected chi connectivity index (χ4v) is 5.67. The highest BCUT2D eigenvalue weighted by Gasteiger charge is 2.23. The molecule has 0 saturated carbocycles. The summed E-state index contributed by atoms with van der Waals surface area (Å²) in [6.07, 6.45) is -0.153. The monoisotopic (exact) mass is 668 g/mol. The zero-order valence-electron chi connectivity index (χ0n) is 22.1. The topological polar surface area (TPSA) is 72.8 Å². The van der Waals surface area contributed by atoms with Crippen LogP contribution in [0, 0.1) is 12.7 Å². The lowest BCUT2D eigenvalue weighted by Gasteiger charge is -2.20. The van der Waals surface area contributed by atoms with Gasteiger partial charge in [0.2, 0.25) is 0 Å². The molecule has 0 unspecified atom stereocenters. The summed E-state index contributed by atoms with van der Waals surface area (Å²) in [5.41, 5.74) is 3.45. The molecule has 0 aromatic heterocycles. The van der Waals surface area contributed by atoms with Crippen molar-refractivity contribution < 1.29 is 28.6 Å². The van der Waals surface area contributed by atoms with Gasteiger partial charge >= 0.3 is 5.97 Å². The van der Waals surface area contributed by atoms with Gasteiger partial charge < -0.3 is 14.6 Å². The molecule has 4 aromatic rings. The van der Waals surface area contributed by atoms with E-state index in [0.717, 1.165) is 11.1 Å². The average Bonchev–Trinajstić information content (AvgIpc) is 2.89. The standard InChI is InChI=1S/C32H27Br2FO5/c1-18(2)23-15-29(40-32-25(33)12-20(13-26(32)34)14-30(36)37)24(31(38)21-9-6-7-19(3)11-21)16-28(23)39-17-22-8-4-5-10-27(22)35/h4-13,15-16,18H,14,17H2,1-3H3,(H,36,37). The number of aliphatic carboxylic acids is 1. The Balaban J connectivity index is 1.82. The van der Waals surface area contributed by atoms with Crippen LogP contribution in [0.3, 0.4) is 0 Å². The molecule has 5 nitrogen and oxygen atoms in total. The first-order chi connectivity index (χ1) is 19.0. The lowest BCUT2D eigenvalue weighted by atomic mass is 9.95. The van der Waals surface area contributed by atoms with Crippen molar-refractivity contribution in [3.8, 4) is 17.2 Å². The van der Waals surface area contributed by atoms with Crippen molar-refractivity contribution in [3.05, 3.63) is 121 Å². The number of rotatable bonds is 10. The van der Waals surface area contributed by atoms with E-state index in [-0.39, 0.29) is 36.1 Å². The summed E-state index contributed by atoms with van der Waals surface area (Å²) in [6.45, 7) is 5.88. The second-order valence-electron chi connectivity index (χ2n) is 9.68. The van der Waals surface area contributed by atoms with Gasteiger partial charge in [-0.25, -0.2) is 4.39 Å². The lowest BCUT2D eigenvalue weighted by molar-refractivity contribution is -0.136. The molecule has 1 N–H and O–H groups in total. The summed E-state index contributed by atoms with van der Waals surface area (Å²) in [7, 11) is 0. The molecule has 0 heterocycles. The first-order valence-electron chi connectivity index (χ1n) is 12.6. The predicted octanol–water partition coefficient (Wildman–Crippen LogP) is 9.01. The van der Waals surface area contributed by atoms with Crippen LogP contribution in [0.25, 0.3) is 0 Å². The molecule has 4 aromatic carbocycles. The smallest absolute Gasteiger partial charge is 0.307 e. The number of carbonyl (C=O) groups is 2. The van der Waals surface area contributed by atoms with Crippen LogP contribution in [0.4, 0.5) is 4.39 Å². The minimum atomic E-state index is -0.953. The normalized spacial score (nSPS) is 11.0. The van der Waals surface area contributed by atoms with Crippen molar-refractivity contribution in [2.45, 2.75) is 39.7 Å². The fourth-order valence-electron chi connectivity index (χ4n) is 4.22. The van der Waals surface area contributed by atoms with Crippen LogP contribution in [0.5, 0.6) is 17.2 Å². The zero-order valence-corrected chi connectivity index (χ0v) is 25.3. The minimum absolute atomic E-state index is 0.00713. The molecule has 8 heteroatoms. The van der Waals surface area contributed by atoms with Gasteiger partial charge in [-0.05, 0) is 86.7 Å². The highest BCUT2D eigenvalue weighted by molar-refractivity contribution is 9.11. The number of benzene rings is 4. The van der Waals surface area contributed by atoms with E-state index in [1.807, 2.05) is 32.9 Å². The second-order valence-corrected chi connectivity index (χ2v) is 11.4. The van der Waals surface area contributed by atoms with Gasteiger partial charge in [0, 0.05) is 16.7 Å². The van der Waals surface area contributed by atoms with Gasteiger partial charge in [-0.1, -0.05) is 55.8 Å². The molecule has 4 rings (SSSR count). The van der Waals surface area contributed by atoms with Crippen LogP contribution in [0.15, 0.2) is 81.7 Å². The van der Waals surface area contributed by atoms with E-state index >= 15 is 0 Å². The Morgan fingerprint density at radius 1 is 0.925 bits per heavy atom. The molecule has 0 spiro atoms. The number of halogens is 3. The van der Waals surface area contributed by atoms with Crippen molar-refractivity contribution >= 4 is 43.6 Å². The Labute approximate surface area is 249 Å². The number of hydrogen-bond acceptors (Lipinski definition) is 4. The quantitative estimate of drug-likeness (QED) is 0.171. The minimum Gasteiger partial charge on any atom is -0.488 e. The van der Waals surface area contributed by atoms with E-state index in [1.165, 1.54) is 6.07 Å². The van der Waals surface area contributed by atoms with Crippen LogP contribution >= 0.6 is 31.9 Å². The van der Waals surface area contributed by atoms with Gasteiger partial charge in [-0.3, -0.25) is 9.59 Å².